The molecule has 2 saturated heterocycles. The van der Waals surface area contributed by atoms with Crippen LogP contribution in [0.5, 0.6) is 0 Å². The number of benzene rings is 1. The smallest absolute Gasteiger partial charge is 0.127 e. The molecule has 2 aliphatic heterocycles. The summed E-state index contributed by atoms with van der Waals surface area (Å²) in [6, 6.07) is 7.83. The molecule has 20 heavy (non-hydrogen) atoms. The molecule has 1 aromatic rings. The van der Waals surface area contributed by atoms with Crippen molar-refractivity contribution in [3.05, 3.63) is 35.6 Å². The average molecular weight is 300 g/mol. The Morgan fingerprint density at radius 2 is 1.90 bits per heavy atom. The van der Waals surface area contributed by atoms with Crippen LogP contribution in [-0.4, -0.2) is 55.1 Å². The Bertz CT molecular complexity index is 415. The lowest BCUT2D eigenvalue weighted by molar-refractivity contribution is 0.0974. The zero-order chi connectivity index (χ0) is 13.1. The largest absolute Gasteiger partial charge is 0.315 e. The predicted octanol–water partition coefficient (Wildman–Crippen LogP) is 1.73. The van der Waals surface area contributed by atoms with Gasteiger partial charge in [-0.1, -0.05) is 18.2 Å². The van der Waals surface area contributed by atoms with Crippen LogP contribution in [0.15, 0.2) is 24.3 Å². The highest BCUT2D eigenvalue weighted by Crippen LogP contribution is 2.15. The van der Waals surface area contributed by atoms with Gasteiger partial charge in [0.1, 0.15) is 5.82 Å². The summed E-state index contributed by atoms with van der Waals surface area (Å²) >= 11 is 0. The Morgan fingerprint density at radius 3 is 2.55 bits per heavy atom. The molecule has 1 atom stereocenters. The third-order valence-corrected chi connectivity index (χ3v) is 4.31. The van der Waals surface area contributed by atoms with Crippen molar-refractivity contribution in [3.63, 3.8) is 0 Å². The van der Waals surface area contributed by atoms with Gasteiger partial charge in [0, 0.05) is 50.9 Å². The van der Waals surface area contributed by atoms with Gasteiger partial charge in [-0.2, -0.15) is 0 Å². The molecule has 0 saturated carbocycles. The van der Waals surface area contributed by atoms with Crippen LogP contribution in [0.1, 0.15) is 12.0 Å². The topological polar surface area (TPSA) is 18.5 Å². The molecule has 1 unspecified atom stereocenters. The molecule has 0 amide bonds. The quantitative estimate of drug-likeness (QED) is 0.917. The zero-order valence-electron chi connectivity index (χ0n) is 11.7. The van der Waals surface area contributed by atoms with Crippen molar-refractivity contribution in [2.75, 3.05) is 39.3 Å². The summed E-state index contributed by atoms with van der Waals surface area (Å²) in [5, 5.41) is 3.42. The maximum absolute atomic E-state index is 13.6. The van der Waals surface area contributed by atoms with Gasteiger partial charge in [-0.25, -0.2) is 4.39 Å². The van der Waals surface area contributed by atoms with E-state index >= 15 is 0 Å². The minimum atomic E-state index is -0.0788. The zero-order valence-corrected chi connectivity index (χ0v) is 12.5. The molecule has 5 heteroatoms. The fraction of sp³-hybridized carbons (Fsp3) is 0.600. The number of hydrogen-bond acceptors (Lipinski definition) is 3. The van der Waals surface area contributed by atoms with Crippen molar-refractivity contribution < 1.29 is 4.39 Å². The van der Waals surface area contributed by atoms with Crippen LogP contribution in [-0.2, 0) is 6.54 Å². The first-order valence-electron chi connectivity index (χ1n) is 7.23. The van der Waals surface area contributed by atoms with E-state index in [4.69, 9.17) is 0 Å². The third-order valence-electron chi connectivity index (χ3n) is 4.31. The molecule has 0 aromatic heterocycles. The number of nitrogens with one attached hydrogen (secondary N) is 1. The monoisotopic (exact) mass is 299 g/mol. The van der Waals surface area contributed by atoms with Gasteiger partial charge in [0.25, 0.3) is 0 Å². The lowest BCUT2D eigenvalue weighted by Crippen LogP contribution is -2.50. The van der Waals surface area contributed by atoms with Crippen LogP contribution >= 0.6 is 12.4 Å². The van der Waals surface area contributed by atoms with Crippen molar-refractivity contribution in [2.45, 2.75) is 19.0 Å². The van der Waals surface area contributed by atoms with Crippen LogP contribution < -0.4 is 5.32 Å². The SMILES string of the molecule is Cl.Fc1ccccc1CN1CCN(C2CCNC2)CC1. The number of halogens is 2. The van der Waals surface area contributed by atoms with E-state index < -0.39 is 0 Å². The van der Waals surface area contributed by atoms with Gasteiger partial charge in [0.2, 0.25) is 0 Å². The normalized spacial score (nSPS) is 24.6. The molecule has 0 spiro atoms. The Morgan fingerprint density at radius 1 is 1.15 bits per heavy atom. The molecular weight excluding hydrogens is 277 g/mol. The maximum Gasteiger partial charge on any atom is 0.127 e. The summed E-state index contributed by atoms with van der Waals surface area (Å²) in [4.78, 5) is 4.94. The summed E-state index contributed by atoms with van der Waals surface area (Å²) in [6.45, 7) is 7.34. The van der Waals surface area contributed by atoms with Crippen LogP contribution in [0.2, 0.25) is 0 Å². The lowest BCUT2D eigenvalue weighted by atomic mass is 10.1. The maximum atomic E-state index is 13.6. The molecule has 2 aliphatic rings. The molecule has 112 valence electrons. The second-order valence-corrected chi connectivity index (χ2v) is 5.55. The van der Waals surface area contributed by atoms with E-state index in [1.807, 2.05) is 12.1 Å². The van der Waals surface area contributed by atoms with Crippen molar-refractivity contribution >= 4 is 12.4 Å². The number of piperazine rings is 1. The first kappa shape index (κ1) is 15.7. The molecular formula is C15H23ClFN3. The average Bonchev–Trinajstić information content (AvgIpc) is 2.96. The molecule has 1 N–H and O–H groups in total. The molecule has 0 radical (unpaired) electrons. The van der Waals surface area contributed by atoms with Gasteiger partial charge in [0.05, 0.1) is 0 Å². The van der Waals surface area contributed by atoms with E-state index in [2.05, 4.69) is 15.1 Å². The van der Waals surface area contributed by atoms with E-state index in [0.29, 0.717) is 0 Å². The summed E-state index contributed by atoms with van der Waals surface area (Å²) < 4.78 is 13.6. The van der Waals surface area contributed by atoms with E-state index in [-0.39, 0.29) is 18.2 Å². The van der Waals surface area contributed by atoms with Gasteiger partial charge in [0.15, 0.2) is 0 Å². The second kappa shape index (κ2) is 7.36. The van der Waals surface area contributed by atoms with Gasteiger partial charge in [-0.3, -0.25) is 9.80 Å². The number of nitrogens with zero attached hydrogens (tertiary/aromatic N) is 2. The van der Waals surface area contributed by atoms with E-state index in [9.17, 15) is 4.39 Å². The van der Waals surface area contributed by atoms with Crippen LogP contribution in [0.4, 0.5) is 4.39 Å². The minimum Gasteiger partial charge on any atom is -0.315 e. The van der Waals surface area contributed by atoms with Crippen molar-refractivity contribution in [1.82, 2.24) is 15.1 Å². The van der Waals surface area contributed by atoms with Crippen LogP contribution in [0.25, 0.3) is 0 Å². The second-order valence-electron chi connectivity index (χ2n) is 5.55. The number of hydrogen-bond donors (Lipinski definition) is 1. The molecule has 3 rings (SSSR count). The van der Waals surface area contributed by atoms with Gasteiger partial charge >= 0.3 is 0 Å². The minimum absolute atomic E-state index is 0. The first-order chi connectivity index (χ1) is 9.33. The highest BCUT2D eigenvalue weighted by Gasteiger charge is 2.26. The van der Waals surface area contributed by atoms with Gasteiger partial charge in [-0.15, -0.1) is 12.4 Å². The molecule has 2 heterocycles. The fourth-order valence-corrected chi connectivity index (χ4v) is 3.11. The van der Waals surface area contributed by atoms with E-state index in [1.54, 1.807) is 12.1 Å². The molecule has 1 aromatic carbocycles. The van der Waals surface area contributed by atoms with Crippen molar-refractivity contribution in [1.29, 1.82) is 0 Å². The highest BCUT2D eigenvalue weighted by molar-refractivity contribution is 5.85. The van der Waals surface area contributed by atoms with E-state index in [1.165, 1.54) is 6.42 Å². The predicted molar refractivity (Wildman–Crippen MR) is 81.8 cm³/mol. The Labute approximate surface area is 126 Å². The van der Waals surface area contributed by atoms with Crippen LogP contribution in [0, 0.1) is 5.82 Å². The lowest BCUT2D eigenvalue weighted by Gasteiger charge is -2.37. The summed E-state index contributed by atoms with van der Waals surface area (Å²) in [5.41, 5.74) is 0.818. The molecule has 0 bridgehead atoms. The molecule has 2 fully saturated rings. The molecule has 0 aliphatic carbocycles. The Kier molecular flexibility index (Phi) is 5.78. The van der Waals surface area contributed by atoms with Gasteiger partial charge in [-0.05, 0) is 19.0 Å². The number of rotatable bonds is 3. The highest BCUT2D eigenvalue weighted by atomic mass is 35.5. The summed E-state index contributed by atoms with van der Waals surface area (Å²) in [6.07, 6.45) is 1.27. The van der Waals surface area contributed by atoms with E-state index in [0.717, 1.165) is 57.4 Å². The Balaban J connectivity index is 0.00000147. The summed E-state index contributed by atoms with van der Waals surface area (Å²) in [7, 11) is 0. The summed E-state index contributed by atoms with van der Waals surface area (Å²) in [5.74, 6) is -0.0788. The molecule has 3 nitrogen and oxygen atoms in total. The van der Waals surface area contributed by atoms with Crippen molar-refractivity contribution in [2.24, 2.45) is 0 Å². The Hall–Kier alpha value is -0.680. The fourth-order valence-electron chi connectivity index (χ4n) is 3.11. The van der Waals surface area contributed by atoms with Gasteiger partial charge < -0.3 is 5.32 Å². The first-order valence-corrected chi connectivity index (χ1v) is 7.23. The van der Waals surface area contributed by atoms with Crippen LogP contribution in [0.3, 0.4) is 0 Å². The standard InChI is InChI=1S/C15H22FN3.ClH/c16-15-4-2-1-3-13(15)12-18-7-9-19(10-8-18)14-5-6-17-11-14;/h1-4,14,17H,5-12H2;1H. The van der Waals surface area contributed by atoms with Crippen molar-refractivity contribution in [3.8, 4) is 0 Å². The third kappa shape index (κ3) is 3.70.